The standard InChI is InChI=1S/C14H23N3/c1-12-10-16-6-3-9-17(11-12)13(2)14-4-7-15-8-5-14/h4-5,7-8,12-13,16H,3,6,9-11H2,1-2H3. The van der Waals surface area contributed by atoms with Crippen LogP contribution in [0.15, 0.2) is 24.5 Å². The third kappa shape index (κ3) is 3.51. The highest BCUT2D eigenvalue weighted by molar-refractivity contribution is 5.14. The molecule has 0 amide bonds. The van der Waals surface area contributed by atoms with Crippen molar-refractivity contribution in [1.29, 1.82) is 0 Å². The van der Waals surface area contributed by atoms with Crippen LogP contribution in [0.25, 0.3) is 0 Å². The number of pyridine rings is 1. The van der Waals surface area contributed by atoms with E-state index in [-0.39, 0.29) is 0 Å². The van der Waals surface area contributed by atoms with Crippen molar-refractivity contribution in [3.8, 4) is 0 Å². The van der Waals surface area contributed by atoms with E-state index in [1.807, 2.05) is 12.4 Å². The van der Waals surface area contributed by atoms with E-state index >= 15 is 0 Å². The summed E-state index contributed by atoms with van der Waals surface area (Å²) >= 11 is 0. The molecule has 2 atom stereocenters. The summed E-state index contributed by atoms with van der Waals surface area (Å²) in [5.41, 5.74) is 1.38. The molecule has 2 unspecified atom stereocenters. The van der Waals surface area contributed by atoms with Gasteiger partial charge in [0.1, 0.15) is 0 Å². The second kappa shape index (κ2) is 6.12. The van der Waals surface area contributed by atoms with Crippen LogP contribution >= 0.6 is 0 Å². The van der Waals surface area contributed by atoms with Crippen LogP contribution in [-0.2, 0) is 0 Å². The zero-order valence-electron chi connectivity index (χ0n) is 10.9. The van der Waals surface area contributed by atoms with E-state index < -0.39 is 0 Å². The third-order valence-electron chi connectivity index (χ3n) is 3.57. The van der Waals surface area contributed by atoms with Crippen molar-refractivity contribution in [1.82, 2.24) is 15.2 Å². The molecule has 0 radical (unpaired) electrons. The average Bonchev–Trinajstić information content (AvgIpc) is 2.34. The minimum Gasteiger partial charge on any atom is -0.316 e. The van der Waals surface area contributed by atoms with Crippen LogP contribution in [0.5, 0.6) is 0 Å². The normalized spacial score (nSPS) is 24.9. The summed E-state index contributed by atoms with van der Waals surface area (Å²) in [5.74, 6) is 0.722. The lowest BCUT2D eigenvalue weighted by molar-refractivity contribution is 0.167. The van der Waals surface area contributed by atoms with Gasteiger partial charge in [0.05, 0.1) is 0 Å². The molecular weight excluding hydrogens is 210 g/mol. The fourth-order valence-corrected chi connectivity index (χ4v) is 2.52. The predicted octanol–water partition coefficient (Wildman–Crippen LogP) is 2.07. The van der Waals surface area contributed by atoms with Crippen molar-refractivity contribution in [2.24, 2.45) is 5.92 Å². The fourth-order valence-electron chi connectivity index (χ4n) is 2.52. The first-order valence-electron chi connectivity index (χ1n) is 6.62. The van der Waals surface area contributed by atoms with Gasteiger partial charge in [0.25, 0.3) is 0 Å². The van der Waals surface area contributed by atoms with Gasteiger partial charge < -0.3 is 5.32 Å². The van der Waals surface area contributed by atoms with Gasteiger partial charge in [0.2, 0.25) is 0 Å². The molecule has 94 valence electrons. The van der Waals surface area contributed by atoms with Crippen molar-refractivity contribution < 1.29 is 0 Å². The highest BCUT2D eigenvalue weighted by Crippen LogP contribution is 2.21. The predicted molar refractivity (Wildman–Crippen MR) is 70.9 cm³/mol. The Hall–Kier alpha value is -0.930. The third-order valence-corrected chi connectivity index (χ3v) is 3.57. The maximum absolute atomic E-state index is 4.09. The summed E-state index contributed by atoms with van der Waals surface area (Å²) in [5, 5.41) is 3.50. The Bertz CT molecular complexity index is 325. The van der Waals surface area contributed by atoms with E-state index in [2.05, 4.69) is 41.2 Å². The highest BCUT2D eigenvalue weighted by atomic mass is 15.2. The molecule has 1 N–H and O–H groups in total. The van der Waals surface area contributed by atoms with E-state index in [4.69, 9.17) is 0 Å². The number of nitrogens with one attached hydrogen (secondary N) is 1. The SMILES string of the molecule is CC1CNCCCN(C(C)c2ccncc2)C1. The summed E-state index contributed by atoms with van der Waals surface area (Å²) in [6.07, 6.45) is 5.02. The van der Waals surface area contributed by atoms with Gasteiger partial charge in [-0.25, -0.2) is 0 Å². The van der Waals surface area contributed by atoms with Gasteiger partial charge in [0.15, 0.2) is 0 Å². The van der Waals surface area contributed by atoms with Gasteiger partial charge in [-0.3, -0.25) is 9.88 Å². The topological polar surface area (TPSA) is 28.2 Å². The second-order valence-electron chi connectivity index (χ2n) is 5.11. The minimum atomic E-state index is 0.499. The maximum Gasteiger partial charge on any atom is 0.0321 e. The molecular formula is C14H23N3. The Morgan fingerprint density at radius 1 is 1.41 bits per heavy atom. The molecule has 1 aromatic heterocycles. The molecule has 0 bridgehead atoms. The van der Waals surface area contributed by atoms with Crippen LogP contribution in [0, 0.1) is 5.92 Å². The van der Waals surface area contributed by atoms with E-state index in [0.29, 0.717) is 6.04 Å². The molecule has 0 aromatic carbocycles. The van der Waals surface area contributed by atoms with Crippen LogP contribution in [0.3, 0.4) is 0 Å². The number of hydrogen-bond acceptors (Lipinski definition) is 3. The molecule has 2 rings (SSSR count). The van der Waals surface area contributed by atoms with E-state index in [0.717, 1.165) is 19.0 Å². The molecule has 0 saturated carbocycles. The summed E-state index contributed by atoms with van der Waals surface area (Å²) < 4.78 is 0. The largest absolute Gasteiger partial charge is 0.316 e. The molecule has 1 aliphatic heterocycles. The summed E-state index contributed by atoms with van der Waals surface area (Å²) in [4.78, 5) is 6.69. The molecule has 0 aliphatic carbocycles. The zero-order valence-corrected chi connectivity index (χ0v) is 10.9. The number of hydrogen-bond donors (Lipinski definition) is 1. The van der Waals surface area contributed by atoms with Gasteiger partial charge in [-0.2, -0.15) is 0 Å². The molecule has 17 heavy (non-hydrogen) atoms. The van der Waals surface area contributed by atoms with Crippen LogP contribution < -0.4 is 5.32 Å². The number of rotatable bonds is 2. The van der Waals surface area contributed by atoms with Gasteiger partial charge in [-0.1, -0.05) is 6.92 Å². The Morgan fingerprint density at radius 2 is 2.18 bits per heavy atom. The first-order valence-corrected chi connectivity index (χ1v) is 6.62. The lowest BCUT2D eigenvalue weighted by atomic mass is 10.0. The Labute approximate surface area is 104 Å². The zero-order chi connectivity index (χ0) is 12.1. The van der Waals surface area contributed by atoms with Crippen LogP contribution in [0.4, 0.5) is 0 Å². The van der Waals surface area contributed by atoms with Crippen LogP contribution in [-0.4, -0.2) is 36.1 Å². The molecule has 1 fully saturated rings. The molecule has 1 aliphatic rings. The van der Waals surface area contributed by atoms with Crippen molar-refractivity contribution in [3.63, 3.8) is 0 Å². The molecule has 2 heterocycles. The fraction of sp³-hybridized carbons (Fsp3) is 0.643. The van der Waals surface area contributed by atoms with Crippen molar-refractivity contribution in [3.05, 3.63) is 30.1 Å². The minimum absolute atomic E-state index is 0.499. The summed E-state index contributed by atoms with van der Waals surface area (Å²) in [6.45, 7) is 9.27. The summed E-state index contributed by atoms with van der Waals surface area (Å²) in [7, 11) is 0. The Kier molecular flexibility index (Phi) is 4.51. The van der Waals surface area contributed by atoms with Crippen LogP contribution in [0.2, 0.25) is 0 Å². The average molecular weight is 233 g/mol. The molecule has 3 heteroatoms. The lowest BCUT2D eigenvalue weighted by Gasteiger charge is -2.33. The molecule has 0 spiro atoms. The van der Waals surface area contributed by atoms with E-state index in [1.165, 1.54) is 25.1 Å². The first-order chi connectivity index (χ1) is 8.27. The van der Waals surface area contributed by atoms with Gasteiger partial charge in [-0.15, -0.1) is 0 Å². The van der Waals surface area contributed by atoms with Crippen molar-refractivity contribution in [2.45, 2.75) is 26.3 Å². The van der Waals surface area contributed by atoms with Crippen molar-refractivity contribution >= 4 is 0 Å². The monoisotopic (exact) mass is 233 g/mol. The summed E-state index contributed by atoms with van der Waals surface area (Å²) in [6, 6.07) is 4.76. The van der Waals surface area contributed by atoms with E-state index in [1.54, 1.807) is 0 Å². The lowest BCUT2D eigenvalue weighted by Crippen LogP contribution is -2.39. The Morgan fingerprint density at radius 3 is 2.94 bits per heavy atom. The number of nitrogens with zero attached hydrogens (tertiary/aromatic N) is 2. The highest BCUT2D eigenvalue weighted by Gasteiger charge is 2.19. The molecule has 1 aromatic rings. The van der Waals surface area contributed by atoms with Gasteiger partial charge in [0, 0.05) is 25.0 Å². The smallest absolute Gasteiger partial charge is 0.0321 e. The van der Waals surface area contributed by atoms with Crippen LogP contribution in [0.1, 0.15) is 31.9 Å². The maximum atomic E-state index is 4.09. The first kappa shape index (κ1) is 12.5. The van der Waals surface area contributed by atoms with Gasteiger partial charge >= 0.3 is 0 Å². The molecule has 3 nitrogen and oxygen atoms in total. The second-order valence-corrected chi connectivity index (χ2v) is 5.11. The van der Waals surface area contributed by atoms with Crippen molar-refractivity contribution in [2.75, 3.05) is 26.2 Å². The number of aromatic nitrogens is 1. The quantitative estimate of drug-likeness (QED) is 0.847. The van der Waals surface area contributed by atoms with E-state index in [9.17, 15) is 0 Å². The van der Waals surface area contributed by atoms with Gasteiger partial charge in [-0.05, 0) is 56.6 Å². The molecule has 1 saturated heterocycles. The Balaban J connectivity index is 2.03.